The molecular weight excluding hydrogens is 277 g/mol. The Bertz CT molecular complexity index is 691. The number of benzene rings is 2. The van der Waals surface area contributed by atoms with Gasteiger partial charge in [-0.25, -0.2) is 21.6 Å². The van der Waals surface area contributed by atoms with Crippen LogP contribution in [0.15, 0.2) is 47.4 Å². The Balaban J connectivity index is 2.39. The number of hydrogen-bond donors (Lipinski definition) is 0. The van der Waals surface area contributed by atoms with Gasteiger partial charge in [-0.2, -0.15) is 0 Å². The summed E-state index contributed by atoms with van der Waals surface area (Å²) >= 11 is 0. The fourth-order valence-electron chi connectivity index (χ4n) is 1.69. The minimum absolute atomic E-state index is 0.0687. The van der Waals surface area contributed by atoms with Crippen LogP contribution in [0.3, 0.4) is 0 Å². The maximum atomic E-state index is 13.4. The lowest BCUT2D eigenvalue weighted by atomic mass is 10.2. The highest BCUT2D eigenvalue weighted by atomic mass is 32.2. The summed E-state index contributed by atoms with van der Waals surface area (Å²) in [6.45, 7) is 0. The van der Waals surface area contributed by atoms with Crippen LogP contribution < -0.4 is 0 Å². The maximum Gasteiger partial charge on any atom is 0.185 e. The highest BCUT2D eigenvalue weighted by Gasteiger charge is 2.20. The molecule has 0 aliphatic heterocycles. The summed E-state index contributed by atoms with van der Waals surface area (Å²) < 4.78 is 63.3. The first kappa shape index (κ1) is 13.6. The zero-order valence-electron chi connectivity index (χ0n) is 9.61. The van der Waals surface area contributed by atoms with Crippen molar-refractivity contribution in [1.82, 2.24) is 0 Å². The van der Waals surface area contributed by atoms with Crippen LogP contribution in [0.1, 0.15) is 5.56 Å². The van der Waals surface area contributed by atoms with E-state index in [9.17, 15) is 21.6 Å². The van der Waals surface area contributed by atoms with E-state index < -0.39 is 37.9 Å². The molecule has 0 heterocycles. The van der Waals surface area contributed by atoms with Crippen molar-refractivity contribution >= 4 is 9.84 Å². The highest BCUT2D eigenvalue weighted by molar-refractivity contribution is 7.90. The monoisotopic (exact) mass is 286 g/mol. The SMILES string of the molecule is O=S(=O)(Cc1cc(F)cc(F)c1)c1ccccc1F. The Morgan fingerprint density at radius 2 is 1.47 bits per heavy atom. The van der Waals surface area contributed by atoms with Gasteiger partial charge in [0.2, 0.25) is 0 Å². The summed E-state index contributed by atoms with van der Waals surface area (Å²) in [7, 11) is -3.99. The van der Waals surface area contributed by atoms with Gasteiger partial charge in [-0.1, -0.05) is 12.1 Å². The second-order valence-corrected chi connectivity index (χ2v) is 5.93. The number of sulfone groups is 1. The van der Waals surface area contributed by atoms with E-state index in [1.54, 1.807) is 0 Å². The summed E-state index contributed by atoms with van der Waals surface area (Å²) in [4.78, 5) is -0.486. The fourth-order valence-corrected chi connectivity index (χ4v) is 3.10. The zero-order chi connectivity index (χ0) is 14.0. The standard InChI is InChI=1S/C13H9F3O2S/c14-10-5-9(6-11(15)7-10)8-19(17,18)13-4-2-1-3-12(13)16/h1-7H,8H2. The van der Waals surface area contributed by atoms with Crippen LogP contribution in [0.2, 0.25) is 0 Å². The Kier molecular flexibility index (Phi) is 3.61. The van der Waals surface area contributed by atoms with Gasteiger partial charge in [-0.3, -0.25) is 0 Å². The predicted octanol–water partition coefficient (Wildman–Crippen LogP) is 3.08. The summed E-state index contributed by atoms with van der Waals surface area (Å²) in [5.41, 5.74) is -0.0687. The molecule has 0 spiro atoms. The van der Waals surface area contributed by atoms with Gasteiger partial charge in [-0.15, -0.1) is 0 Å². The first-order chi connectivity index (χ1) is 8.88. The Hall–Kier alpha value is -1.82. The third-order valence-corrected chi connectivity index (χ3v) is 4.17. The molecule has 0 aliphatic rings. The normalized spacial score (nSPS) is 11.5. The topological polar surface area (TPSA) is 34.1 Å². The molecule has 0 fully saturated rings. The van der Waals surface area contributed by atoms with Crippen LogP contribution in [0, 0.1) is 17.5 Å². The molecule has 0 bridgehead atoms. The first-order valence-electron chi connectivity index (χ1n) is 5.31. The van der Waals surface area contributed by atoms with Crippen molar-refractivity contribution in [3.05, 3.63) is 65.5 Å². The summed E-state index contributed by atoms with van der Waals surface area (Å²) in [6, 6.07) is 7.31. The van der Waals surface area contributed by atoms with Gasteiger partial charge in [0, 0.05) is 6.07 Å². The Labute approximate surface area is 108 Å². The average molecular weight is 286 g/mol. The van der Waals surface area contributed by atoms with Crippen molar-refractivity contribution in [1.29, 1.82) is 0 Å². The lowest BCUT2D eigenvalue weighted by Crippen LogP contribution is -2.07. The van der Waals surface area contributed by atoms with E-state index >= 15 is 0 Å². The van der Waals surface area contributed by atoms with Crippen LogP contribution in [0.25, 0.3) is 0 Å². The lowest BCUT2D eigenvalue weighted by molar-refractivity contribution is 0.565. The van der Waals surface area contributed by atoms with Crippen molar-refractivity contribution in [2.24, 2.45) is 0 Å². The predicted molar refractivity (Wildman–Crippen MR) is 63.6 cm³/mol. The molecule has 100 valence electrons. The smallest absolute Gasteiger partial charge is 0.185 e. The molecule has 0 atom stereocenters. The molecule has 0 saturated carbocycles. The van der Waals surface area contributed by atoms with Crippen LogP contribution in [-0.2, 0) is 15.6 Å². The van der Waals surface area contributed by atoms with Gasteiger partial charge >= 0.3 is 0 Å². The Morgan fingerprint density at radius 3 is 2.05 bits per heavy atom. The number of hydrogen-bond acceptors (Lipinski definition) is 2. The third kappa shape index (κ3) is 3.14. The molecule has 2 aromatic carbocycles. The lowest BCUT2D eigenvalue weighted by Gasteiger charge is -2.06. The van der Waals surface area contributed by atoms with Crippen LogP contribution in [-0.4, -0.2) is 8.42 Å². The van der Waals surface area contributed by atoms with Gasteiger partial charge in [0.05, 0.1) is 5.75 Å². The number of rotatable bonds is 3. The maximum absolute atomic E-state index is 13.4. The minimum Gasteiger partial charge on any atom is -0.223 e. The molecule has 6 heteroatoms. The van der Waals surface area contributed by atoms with E-state index in [4.69, 9.17) is 0 Å². The van der Waals surface area contributed by atoms with Gasteiger partial charge in [-0.05, 0) is 29.8 Å². The van der Waals surface area contributed by atoms with Crippen molar-refractivity contribution in [2.75, 3.05) is 0 Å². The molecule has 0 aliphatic carbocycles. The first-order valence-corrected chi connectivity index (χ1v) is 6.96. The Morgan fingerprint density at radius 1 is 0.895 bits per heavy atom. The molecule has 0 amide bonds. The molecule has 0 saturated heterocycles. The van der Waals surface area contributed by atoms with E-state index in [2.05, 4.69) is 0 Å². The van der Waals surface area contributed by atoms with Crippen molar-refractivity contribution in [2.45, 2.75) is 10.6 Å². The van der Waals surface area contributed by atoms with Crippen LogP contribution >= 0.6 is 0 Å². The van der Waals surface area contributed by atoms with Gasteiger partial charge in [0.1, 0.15) is 22.3 Å². The highest BCUT2D eigenvalue weighted by Crippen LogP contribution is 2.20. The largest absolute Gasteiger partial charge is 0.223 e. The van der Waals surface area contributed by atoms with Crippen molar-refractivity contribution in [3.8, 4) is 0 Å². The molecule has 19 heavy (non-hydrogen) atoms. The van der Waals surface area contributed by atoms with Gasteiger partial charge in [0.25, 0.3) is 0 Å². The van der Waals surface area contributed by atoms with Gasteiger partial charge in [0.15, 0.2) is 9.84 Å². The molecular formula is C13H9F3O2S. The van der Waals surface area contributed by atoms with Crippen molar-refractivity contribution < 1.29 is 21.6 Å². The average Bonchev–Trinajstić information content (AvgIpc) is 2.26. The molecule has 0 unspecified atom stereocenters. The summed E-state index contributed by atoms with van der Waals surface area (Å²) in [5.74, 6) is -3.31. The second-order valence-electron chi connectivity index (χ2n) is 3.97. The van der Waals surface area contributed by atoms with E-state index in [1.807, 2.05) is 0 Å². The summed E-state index contributed by atoms with van der Waals surface area (Å²) in [5, 5.41) is 0. The van der Waals surface area contributed by atoms with Crippen LogP contribution in [0.5, 0.6) is 0 Å². The molecule has 2 aromatic rings. The quantitative estimate of drug-likeness (QED) is 0.869. The van der Waals surface area contributed by atoms with Gasteiger partial charge < -0.3 is 0 Å². The molecule has 2 rings (SSSR count). The van der Waals surface area contributed by atoms with Crippen molar-refractivity contribution in [3.63, 3.8) is 0 Å². The van der Waals surface area contributed by atoms with Crippen LogP contribution in [0.4, 0.5) is 13.2 Å². The molecule has 0 radical (unpaired) electrons. The second kappa shape index (κ2) is 5.05. The van der Waals surface area contributed by atoms with E-state index in [1.165, 1.54) is 12.1 Å². The third-order valence-electron chi connectivity index (χ3n) is 2.45. The van der Waals surface area contributed by atoms with E-state index in [0.717, 1.165) is 24.3 Å². The molecule has 0 N–H and O–H groups in total. The summed E-state index contributed by atoms with van der Waals surface area (Å²) in [6.07, 6.45) is 0. The van der Waals surface area contributed by atoms with E-state index in [0.29, 0.717) is 6.07 Å². The molecule has 2 nitrogen and oxygen atoms in total. The van der Waals surface area contributed by atoms with E-state index in [-0.39, 0.29) is 5.56 Å². The number of halogens is 3. The minimum atomic E-state index is -3.99. The fraction of sp³-hybridized carbons (Fsp3) is 0.0769. The molecule has 0 aromatic heterocycles. The zero-order valence-corrected chi connectivity index (χ0v) is 10.4.